The first kappa shape index (κ1) is 34.7. The number of pyridine rings is 1. The average Bonchev–Trinajstić information content (AvgIpc) is 3.47. The van der Waals surface area contributed by atoms with E-state index in [-0.39, 0.29) is 25.5 Å². The molecule has 0 bridgehead atoms. The molecule has 0 aliphatic rings. The standard InChI is InChI=1S/C28H27F6N5O6/c1-4-7-13-19(24(40)43-6-3)35-22-18(27(29,30)31)15-20(39(41)42)21(36-22)23-37-38-25(45-23)26(14-5-2,28(32,33)34)44-16-17-11-9-8-10-12-17/h4-5,8-12,15,19H,1-2,6-7,13-14,16H2,3H3,(H,35,36). The predicted molar refractivity (Wildman–Crippen MR) is 146 cm³/mol. The van der Waals surface area contributed by atoms with E-state index in [9.17, 15) is 41.3 Å². The van der Waals surface area contributed by atoms with Crippen molar-refractivity contribution in [1.82, 2.24) is 15.2 Å². The number of rotatable bonds is 15. The zero-order valence-electron chi connectivity index (χ0n) is 23.7. The van der Waals surface area contributed by atoms with E-state index < -0.39 is 82.5 Å². The van der Waals surface area contributed by atoms with Crippen molar-refractivity contribution in [1.29, 1.82) is 0 Å². The summed E-state index contributed by atoms with van der Waals surface area (Å²) in [7, 11) is 0. The summed E-state index contributed by atoms with van der Waals surface area (Å²) in [5, 5.41) is 21.0. The highest BCUT2D eigenvalue weighted by atomic mass is 19.4. The fraction of sp³-hybridized carbons (Fsp3) is 0.357. The number of nitrogens with one attached hydrogen (secondary N) is 1. The maximum atomic E-state index is 14.6. The summed E-state index contributed by atoms with van der Waals surface area (Å²) < 4.78 is 101. The lowest BCUT2D eigenvalue weighted by atomic mass is 9.98. The van der Waals surface area contributed by atoms with Gasteiger partial charge in [0.05, 0.1) is 18.1 Å². The molecule has 2 unspecified atom stereocenters. The Morgan fingerprint density at radius 1 is 1.13 bits per heavy atom. The Hall–Kier alpha value is -4.80. The smallest absolute Gasteiger partial charge is 0.426 e. The Labute approximate surface area is 252 Å². The molecule has 0 spiro atoms. The minimum absolute atomic E-state index is 0.0942. The van der Waals surface area contributed by atoms with Gasteiger partial charge in [0.25, 0.3) is 11.8 Å². The molecule has 45 heavy (non-hydrogen) atoms. The quantitative estimate of drug-likeness (QED) is 0.0610. The molecule has 0 aliphatic heterocycles. The predicted octanol–water partition coefficient (Wildman–Crippen LogP) is 6.92. The molecule has 2 aromatic heterocycles. The van der Waals surface area contributed by atoms with Crippen molar-refractivity contribution in [2.45, 2.75) is 56.8 Å². The summed E-state index contributed by atoms with van der Waals surface area (Å²) >= 11 is 0. The highest BCUT2D eigenvalue weighted by Crippen LogP contribution is 2.47. The fourth-order valence-corrected chi connectivity index (χ4v) is 4.06. The van der Waals surface area contributed by atoms with Gasteiger partial charge >= 0.3 is 24.0 Å². The van der Waals surface area contributed by atoms with Crippen LogP contribution in [0.15, 0.2) is 66.1 Å². The number of hydrogen-bond donors (Lipinski definition) is 1. The number of carbonyl (C=O) groups excluding carboxylic acids is 1. The van der Waals surface area contributed by atoms with Crippen molar-refractivity contribution in [3.05, 3.63) is 88.8 Å². The molecule has 0 saturated heterocycles. The molecule has 0 radical (unpaired) electrons. The highest BCUT2D eigenvalue weighted by Gasteiger charge is 2.61. The molecule has 0 aliphatic carbocycles. The van der Waals surface area contributed by atoms with Crippen molar-refractivity contribution >= 4 is 17.5 Å². The van der Waals surface area contributed by atoms with Crippen molar-refractivity contribution in [3.8, 4) is 11.6 Å². The summed E-state index contributed by atoms with van der Waals surface area (Å²) in [5.41, 5.74) is -6.91. The van der Waals surface area contributed by atoms with Crippen molar-refractivity contribution in [3.63, 3.8) is 0 Å². The minimum atomic E-state index is -5.23. The van der Waals surface area contributed by atoms with E-state index in [1.807, 2.05) is 0 Å². The van der Waals surface area contributed by atoms with Crippen LogP contribution in [0.25, 0.3) is 11.6 Å². The number of hydrogen-bond acceptors (Lipinski definition) is 10. The Balaban J connectivity index is 2.19. The maximum absolute atomic E-state index is 14.6. The van der Waals surface area contributed by atoms with Gasteiger partial charge < -0.3 is 19.2 Å². The van der Waals surface area contributed by atoms with Crippen LogP contribution in [0.4, 0.5) is 37.8 Å². The number of halogens is 6. The van der Waals surface area contributed by atoms with Gasteiger partial charge in [-0.25, -0.2) is 9.78 Å². The summed E-state index contributed by atoms with van der Waals surface area (Å²) in [5.74, 6) is -4.25. The third-order valence-electron chi connectivity index (χ3n) is 6.24. The lowest BCUT2D eigenvalue weighted by Gasteiger charge is -2.31. The van der Waals surface area contributed by atoms with Crippen LogP contribution in [0.3, 0.4) is 0 Å². The summed E-state index contributed by atoms with van der Waals surface area (Å²) in [4.78, 5) is 26.7. The summed E-state index contributed by atoms with van der Waals surface area (Å²) in [6, 6.07) is 6.44. The second kappa shape index (κ2) is 14.3. The zero-order valence-corrected chi connectivity index (χ0v) is 23.7. The third kappa shape index (κ3) is 8.03. The van der Waals surface area contributed by atoms with Crippen LogP contribution >= 0.6 is 0 Å². The zero-order chi connectivity index (χ0) is 33.4. The third-order valence-corrected chi connectivity index (χ3v) is 6.24. The molecule has 1 N–H and O–H groups in total. The average molecular weight is 644 g/mol. The molecule has 0 fully saturated rings. The molecule has 2 heterocycles. The maximum Gasteiger partial charge on any atom is 0.426 e. The number of alkyl halides is 6. The molecule has 3 aromatic rings. The number of nitro groups is 1. The summed E-state index contributed by atoms with van der Waals surface area (Å²) in [6.45, 7) is 7.60. The molecule has 0 amide bonds. The van der Waals surface area contributed by atoms with E-state index in [0.29, 0.717) is 5.56 Å². The minimum Gasteiger partial charge on any atom is -0.464 e. The van der Waals surface area contributed by atoms with Crippen molar-refractivity contribution in [2.75, 3.05) is 11.9 Å². The number of aromatic nitrogens is 3. The molecular weight excluding hydrogens is 616 g/mol. The van der Waals surface area contributed by atoms with Crippen LogP contribution in [-0.4, -0.2) is 44.9 Å². The van der Waals surface area contributed by atoms with Gasteiger partial charge in [-0.15, -0.1) is 23.4 Å². The number of benzene rings is 1. The van der Waals surface area contributed by atoms with Crippen LogP contribution in [0.2, 0.25) is 0 Å². The lowest BCUT2D eigenvalue weighted by Crippen LogP contribution is -2.45. The van der Waals surface area contributed by atoms with E-state index in [4.69, 9.17) is 13.9 Å². The Morgan fingerprint density at radius 3 is 2.38 bits per heavy atom. The van der Waals surface area contributed by atoms with Gasteiger partial charge in [0, 0.05) is 12.5 Å². The van der Waals surface area contributed by atoms with Crippen LogP contribution in [0.5, 0.6) is 0 Å². The highest BCUT2D eigenvalue weighted by molar-refractivity contribution is 5.80. The first-order valence-corrected chi connectivity index (χ1v) is 13.2. The first-order valence-electron chi connectivity index (χ1n) is 13.2. The second-order valence-corrected chi connectivity index (χ2v) is 9.33. The number of ether oxygens (including phenoxy) is 2. The molecule has 17 heteroatoms. The van der Waals surface area contributed by atoms with Gasteiger partial charge in [-0.2, -0.15) is 26.3 Å². The first-order chi connectivity index (χ1) is 21.2. The number of nitrogens with zero attached hydrogens (tertiary/aromatic N) is 4. The number of allylic oxidation sites excluding steroid dienone is 1. The fourth-order valence-electron chi connectivity index (χ4n) is 4.06. The van der Waals surface area contributed by atoms with Crippen LogP contribution < -0.4 is 5.32 Å². The summed E-state index contributed by atoms with van der Waals surface area (Å²) in [6.07, 6.45) is -9.06. The Morgan fingerprint density at radius 2 is 1.82 bits per heavy atom. The van der Waals surface area contributed by atoms with Crippen LogP contribution in [0, 0.1) is 10.1 Å². The largest absolute Gasteiger partial charge is 0.464 e. The molecule has 11 nitrogen and oxygen atoms in total. The van der Waals surface area contributed by atoms with Gasteiger partial charge in [0.15, 0.2) is 0 Å². The molecule has 1 aromatic carbocycles. The van der Waals surface area contributed by atoms with Gasteiger partial charge in [-0.3, -0.25) is 10.1 Å². The molecular formula is C28H27F6N5O6. The van der Waals surface area contributed by atoms with E-state index in [2.05, 4.69) is 33.7 Å². The van der Waals surface area contributed by atoms with Crippen molar-refractivity contribution in [2.24, 2.45) is 0 Å². The topological polar surface area (TPSA) is 143 Å². The Kier molecular flexibility index (Phi) is 11.0. The Bertz CT molecular complexity index is 1510. The molecule has 3 rings (SSSR count). The normalized spacial score (nSPS) is 13.8. The van der Waals surface area contributed by atoms with Crippen molar-refractivity contribution < 1.29 is 50.0 Å². The van der Waals surface area contributed by atoms with Crippen LogP contribution in [-0.2, 0) is 32.7 Å². The lowest BCUT2D eigenvalue weighted by molar-refractivity contribution is -0.384. The number of esters is 1. The SMILES string of the molecule is C=CCCC(Nc1nc(-c2nnc(C(CC=C)(OCc3ccccc3)C(F)(F)F)o2)c([N+](=O)[O-])cc1C(F)(F)F)C(=O)OCC. The van der Waals surface area contributed by atoms with Gasteiger partial charge in [0.2, 0.25) is 11.3 Å². The van der Waals surface area contributed by atoms with E-state index >= 15 is 0 Å². The van der Waals surface area contributed by atoms with E-state index in [1.54, 1.807) is 18.2 Å². The second-order valence-electron chi connectivity index (χ2n) is 9.33. The monoisotopic (exact) mass is 643 g/mol. The molecule has 2 atom stereocenters. The number of carbonyl (C=O) groups is 1. The molecule has 242 valence electrons. The number of anilines is 1. The van der Waals surface area contributed by atoms with Gasteiger partial charge in [0.1, 0.15) is 17.4 Å². The van der Waals surface area contributed by atoms with E-state index in [1.165, 1.54) is 25.1 Å². The van der Waals surface area contributed by atoms with Gasteiger partial charge in [-0.1, -0.05) is 42.5 Å². The van der Waals surface area contributed by atoms with E-state index in [0.717, 1.165) is 6.08 Å². The molecule has 0 saturated carbocycles. The van der Waals surface area contributed by atoms with Crippen LogP contribution in [0.1, 0.15) is 43.2 Å². The van der Waals surface area contributed by atoms with Gasteiger partial charge in [-0.05, 0) is 25.3 Å².